The van der Waals surface area contributed by atoms with Crippen molar-refractivity contribution >= 4 is 28.1 Å². The number of aryl methyl sites for hydroxylation is 1. The number of rotatable bonds is 3. The summed E-state index contributed by atoms with van der Waals surface area (Å²) >= 11 is 1.38. The number of benzene rings is 1. The van der Waals surface area contributed by atoms with Crippen LogP contribution in [0.2, 0.25) is 0 Å². The Morgan fingerprint density at radius 1 is 1.08 bits per heavy atom. The van der Waals surface area contributed by atoms with Crippen LogP contribution in [0.5, 0.6) is 0 Å². The van der Waals surface area contributed by atoms with Gasteiger partial charge in [-0.3, -0.25) is 0 Å². The lowest BCUT2D eigenvalue weighted by molar-refractivity contribution is -0.137. The van der Waals surface area contributed by atoms with Crippen molar-refractivity contribution in [3.05, 3.63) is 47.8 Å². The highest BCUT2D eigenvalue weighted by molar-refractivity contribution is 7.19. The van der Waals surface area contributed by atoms with E-state index in [-0.39, 0.29) is 5.95 Å². The Morgan fingerprint density at radius 2 is 1.76 bits per heavy atom. The highest BCUT2D eigenvalue weighted by Gasteiger charge is 2.30. The Balaban J connectivity index is 1.91. The minimum Gasteiger partial charge on any atom is -0.368 e. The fourth-order valence-electron chi connectivity index (χ4n) is 2.25. The second kappa shape index (κ2) is 6.32. The van der Waals surface area contributed by atoms with Crippen LogP contribution in [0.3, 0.4) is 0 Å². The van der Waals surface area contributed by atoms with Crippen molar-refractivity contribution in [1.29, 1.82) is 0 Å². The molecule has 3 rings (SSSR count). The lowest BCUT2D eigenvalue weighted by Crippen LogP contribution is -2.10. The Hall–Kier alpha value is -2.68. The molecule has 0 unspecified atom stereocenters. The zero-order valence-corrected chi connectivity index (χ0v) is 14.2. The minimum absolute atomic E-state index is 0.169. The summed E-state index contributed by atoms with van der Waals surface area (Å²) < 4.78 is 38.0. The minimum atomic E-state index is -4.35. The summed E-state index contributed by atoms with van der Waals surface area (Å²) in [6.45, 7) is 1.84. The Bertz CT molecular complexity index is 890. The molecule has 2 N–H and O–H groups in total. The van der Waals surface area contributed by atoms with E-state index in [2.05, 4.69) is 15.0 Å². The predicted octanol–water partition coefficient (Wildman–Crippen LogP) is 4.28. The van der Waals surface area contributed by atoms with E-state index in [0.717, 1.165) is 22.7 Å². The first kappa shape index (κ1) is 17.2. The van der Waals surface area contributed by atoms with E-state index in [9.17, 15) is 13.2 Å². The first-order chi connectivity index (χ1) is 11.8. The van der Waals surface area contributed by atoms with Gasteiger partial charge < -0.3 is 10.6 Å². The third-order valence-corrected chi connectivity index (χ3v) is 4.82. The maximum absolute atomic E-state index is 12.7. The number of alkyl halides is 3. The van der Waals surface area contributed by atoms with Gasteiger partial charge in [0.15, 0.2) is 5.13 Å². The number of hydrogen-bond donors (Lipinski definition) is 1. The zero-order valence-electron chi connectivity index (χ0n) is 13.4. The van der Waals surface area contributed by atoms with Crippen molar-refractivity contribution in [2.45, 2.75) is 13.1 Å². The molecular weight excluding hydrogens is 351 g/mol. The number of nitrogens with two attached hydrogens (primary N) is 1. The van der Waals surface area contributed by atoms with Crippen LogP contribution >= 0.6 is 11.3 Å². The van der Waals surface area contributed by atoms with Crippen molar-refractivity contribution < 1.29 is 13.2 Å². The molecule has 130 valence electrons. The molecule has 0 atom stereocenters. The van der Waals surface area contributed by atoms with E-state index in [1.807, 2.05) is 6.92 Å². The van der Waals surface area contributed by atoms with E-state index in [4.69, 9.17) is 5.73 Å². The van der Waals surface area contributed by atoms with Gasteiger partial charge in [0.2, 0.25) is 5.95 Å². The normalized spacial score (nSPS) is 11.6. The average Bonchev–Trinajstić information content (AvgIpc) is 2.95. The van der Waals surface area contributed by atoms with E-state index in [1.54, 1.807) is 24.2 Å². The summed E-state index contributed by atoms with van der Waals surface area (Å²) in [5.41, 5.74) is 6.96. The number of hydrogen-bond acceptors (Lipinski definition) is 6. The Morgan fingerprint density at radius 3 is 2.36 bits per heavy atom. The monoisotopic (exact) mass is 365 g/mol. The summed E-state index contributed by atoms with van der Waals surface area (Å²) in [7, 11) is 1.75. The highest BCUT2D eigenvalue weighted by atomic mass is 32.1. The molecule has 0 aliphatic carbocycles. The van der Waals surface area contributed by atoms with Gasteiger partial charge in [-0.2, -0.15) is 13.2 Å². The molecule has 0 saturated carbocycles. The standard InChI is InChI=1S/C16H14F3N5S/c1-9-13(12-7-8-21-14(20)23-12)25-15(22-9)24(2)11-5-3-10(4-6-11)16(17,18)19/h3-8H,1-2H3,(H2,20,21,23). The molecule has 2 heterocycles. The molecule has 5 nitrogen and oxygen atoms in total. The molecule has 0 bridgehead atoms. The van der Waals surface area contributed by atoms with Crippen LogP contribution in [0, 0.1) is 6.92 Å². The van der Waals surface area contributed by atoms with Crippen molar-refractivity contribution in [2.24, 2.45) is 0 Å². The van der Waals surface area contributed by atoms with Gasteiger partial charge in [0.25, 0.3) is 0 Å². The molecule has 0 aliphatic heterocycles. The number of aromatic nitrogens is 3. The summed E-state index contributed by atoms with van der Waals surface area (Å²) in [5, 5.41) is 0.643. The first-order valence-electron chi connectivity index (χ1n) is 7.23. The number of halogens is 3. The predicted molar refractivity (Wildman–Crippen MR) is 91.8 cm³/mol. The molecule has 0 spiro atoms. The van der Waals surface area contributed by atoms with Crippen LogP contribution in [-0.4, -0.2) is 22.0 Å². The molecule has 3 aromatic rings. The van der Waals surface area contributed by atoms with Crippen LogP contribution in [-0.2, 0) is 6.18 Å². The Labute approximate surface area is 146 Å². The average molecular weight is 365 g/mol. The van der Waals surface area contributed by atoms with Crippen LogP contribution in [0.25, 0.3) is 10.6 Å². The van der Waals surface area contributed by atoms with E-state index < -0.39 is 11.7 Å². The van der Waals surface area contributed by atoms with E-state index in [1.165, 1.54) is 23.5 Å². The van der Waals surface area contributed by atoms with E-state index in [0.29, 0.717) is 16.5 Å². The van der Waals surface area contributed by atoms with Crippen LogP contribution < -0.4 is 10.6 Å². The van der Waals surface area contributed by atoms with Gasteiger partial charge >= 0.3 is 6.18 Å². The number of nitrogen functional groups attached to an aromatic ring is 1. The van der Waals surface area contributed by atoms with Gasteiger partial charge in [-0.25, -0.2) is 15.0 Å². The van der Waals surface area contributed by atoms with Crippen molar-refractivity contribution in [3.8, 4) is 10.6 Å². The molecule has 0 saturated heterocycles. The SMILES string of the molecule is Cc1nc(N(C)c2ccc(C(F)(F)F)cc2)sc1-c1ccnc(N)n1. The second-order valence-electron chi connectivity index (χ2n) is 5.31. The number of anilines is 3. The first-order valence-corrected chi connectivity index (χ1v) is 8.04. The fourth-order valence-corrected chi connectivity index (χ4v) is 3.27. The third-order valence-electron chi connectivity index (χ3n) is 3.56. The maximum Gasteiger partial charge on any atom is 0.416 e. The largest absolute Gasteiger partial charge is 0.416 e. The highest BCUT2D eigenvalue weighted by Crippen LogP contribution is 2.37. The van der Waals surface area contributed by atoms with Crippen LogP contribution in [0.15, 0.2) is 36.5 Å². The maximum atomic E-state index is 12.7. The van der Waals surface area contributed by atoms with Crippen molar-refractivity contribution in [1.82, 2.24) is 15.0 Å². The van der Waals surface area contributed by atoms with Gasteiger partial charge in [0.1, 0.15) is 0 Å². The molecule has 9 heteroatoms. The second-order valence-corrected chi connectivity index (χ2v) is 6.29. The lowest BCUT2D eigenvalue weighted by atomic mass is 10.2. The topological polar surface area (TPSA) is 67.9 Å². The summed E-state index contributed by atoms with van der Waals surface area (Å²) in [4.78, 5) is 15.1. The summed E-state index contributed by atoms with van der Waals surface area (Å²) in [6.07, 6.45) is -2.79. The molecule has 25 heavy (non-hydrogen) atoms. The molecule has 0 aliphatic rings. The number of nitrogens with zero attached hydrogens (tertiary/aromatic N) is 4. The Kier molecular flexibility index (Phi) is 4.34. The smallest absolute Gasteiger partial charge is 0.368 e. The summed E-state index contributed by atoms with van der Waals surface area (Å²) in [5.74, 6) is 0.169. The fraction of sp³-hybridized carbons (Fsp3) is 0.188. The molecule has 2 aromatic heterocycles. The third kappa shape index (κ3) is 3.55. The number of thiazole rings is 1. The van der Waals surface area contributed by atoms with Crippen molar-refractivity contribution in [3.63, 3.8) is 0 Å². The van der Waals surface area contributed by atoms with Gasteiger partial charge in [0.05, 0.1) is 21.8 Å². The van der Waals surface area contributed by atoms with Gasteiger partial charge in [-0.15, -0.1) is 0 Å². The van der Waals surface area contributed by atoms with Gasteiger partial charge in [0, 0.05) is 18.9 Å². The molecule has 0 amide bonds. The molecular formula is C16H14F3N5S. The van der Waals surface area contributed by atoms with Crippen molar-refractivity contribution in [2.75, 3.05) is 17.7 Å². The van der Waals surface area contributed by atoms with Gasteiger partial charge in [-0.05, 0) is 37.3 Å². The van der Waals surface area contributed by atoms with E-state index >= 15 is 0 Å². The molecule has 0 fully saturated rings. The van der Waals surface area contributed by atoms with Gasteiger partial charge in [-0.1, -0.05) is 11.3 Å². The van der Waals surface area contributed by atoms with Crippen LogP contribution in [0.1, 0.15) is 11.3 Å². The lowest BCUT2D eigenvalue weighted by Gasteiger charge is -2.16. The molecule has 0 radical (unpaired) electrons. The quantitative estimate of drug-likeness (QED) is 0.750. The van der Waals surface area contributed by atoms with Crippen LogP contribution in [0.4, 0.5) is 29.9 Å². The molecule has 1 aromatic carbocycles. The summed E-state index contributed by atoms with van der Waals surface area (Å²) in [6, 6.07) is 6.68. The zero-order chi connectivity index (χ0) is 18.2.